The highest BCUT2D eigenvalue weighted by atomic mass is 16.5. The highest BCUT2D eigenvalue weighted by Crippen LogP contribution is 2.13. The van der Waals surface area contributed by atoms with Gasteiger partial charge in [-0.2, -0.15) is 4.52 Å². The Balaban J connectivity index is 1.58. The molecule has 0 fully saturated rings. The Bertz CT molecular complexity index is 982. The molecule has 9 heteroatoms. The number of carbonyl (C=O) groups is 2. The highest BCUT2D eigenvalue weighted by molar-refractivity contribution is 5.93. The van der Waals surface area contributed by atoms with Gasteiger partial charge in [0.1, 0.15) is 0 Å². The van der Waals surface area contributed by atoms with Gasteiger partial charge in [-0.3, -0.25) is 4.79 Å². The van der Waals surface area contributed by atoms with Crippen molar-refractivity contribution in [1.29, 1.82) is 0 Å². The third-order valence-corrected chi connectivity index (χ3v) is 3.83. The average Bonchev–Trinajstić information content (AvgIpc) is 3.08. The number of benzene rings is 1. The molecule has 146 valence electrons. The first kappa shape index (κ1) is 19.3. The zero-order chi connectivity index (χ0) is 20.1. The van der Waals surface area contributed by atoms with E-state index in [1.807, 2.05) is 0 Å². The van der Waals surface area contributed by atoms with Crippen LogP contribution in [0.3, 0.4) is 0 Å². The number of nitrogens with zero attached hydrogens (tertiary/aromatic N) is 4. The molecule has 1 N–H and O–H groups in total. The minimum Gasteiger partial charge on any atom is -0.480 e. The molecule has 0 saturated carbocycles. The minimum absolute atomic E-state index is 0.183. The number of carbonyl (C=O) groups excluding carboxylic acids is 2. The van der Waals surface area contributed by atoms with Crippen LogP contribution in [0.25, 0.3) is 5.65 Å². The predicted molar refractivity (Wildman–Crippen MR) is 101 cm³/mol. The molecular weight excluding hydrogens is 362 g/mol. The second-order valence-electron chi connectivity index (χ2n) is 6.34. The van der Waals surface area contributed by atoms with Crippen molar-refractivity contribution in [3.05, 3.63) is 47.8 Å². The van der Waals surface area contributed by atoms with E-state index in [1.54, 1.807) is 54.8 Å². The lowest BCUT2D eigenvalue weighted by molar-refractivity contribution is -0.116. The van der Waals surface area contributed by atoms with Crippen molar-refractivity contribution in [2.75, 3.05) is 12.4 Å². The van der Waals surface area contributed by atoms with Gasteiger partial charge >= 0.3 is 5.97 Å². The van der Waals surface area contributed by atoms with Gasteiger partial charge < -0.3 is 14.8 Å². The Hall–Kier alpha value is -3.49. The quantitative estimate of drug-likeness (QED) is 0.624. The van der Waals surface area contributed by atoms with Crippen molar-refractivity contribution in [1.82, 2.24) is 19.8 Å². The Morgan fingerprint density at radius 3 is 2.54 bits per heavy atom. The summed E-state index contributed by atoms with van der Waals surface area (Å²) in [6, 6.07) is 9.99. The zero-order valence-corrected chi connectivity index (χ0v) is 15.9. The van der Waals surface area contributed by atoms with Crippen molar-refractivity contribution in [2.24, 2.45) is 0 Å². The molecule has 3 aromatic rings. The summed E-state index contributed by atoms with van der Waals surface area (Å²) < 4.78 is 11.8. The van der Waals surface area contributed by atoms with Crippen LogP contribution in [0.2, 0.25) is 0 Å². The minimum atomic E-state index is -0.394. The van der Waals surface area contributed by atoms with Crippen LogP contribution in [-0.4, -0.2) is 44.9 Å². The number of amides is 1. The van der Waals surface area contributed by atoms with Crippen molar-refractivity contribution < 1.29 is 19.1 Å². The fraction of sp³-hybridized carbons (Fsp3) is 0.316. The van der Waals surface area contributed by atoms with E-state index >= 15 is 0 Å². The Labute approximate surface area is 161 Å². The number of methoxy groups -OCH3 is 1. The fourth-order valence-corrected chi connectivity index (χ4v) is 2.50. The maximum atomic E-state index is 12.2. The molecule has 2 aromatic heterocycles. The number of aromatic nitrogens is 4. The predicted octanol–water partition coefficient (Wildman–Crippen LogP) is 2.27. The lowest BCUT2D eigenvalue weighted by Gasteiger charge is -2.09. The molecule has 9 nitrogen and oxygen atoms in total. The smallest absolute Gasteiger partial charge is 0.338 e. The van der Waals surface area contributed by atoms with E-state index in [4.69, 9.17) is 9.47 Å². The lowest BCUT2D eigenvalue weighted by atomic mass is 10.2. The van der Waals surface area contributed by atoms with Crippen LogP contribution in [0.4, 0.5) is 5.69 Å². The van der Waals surface area contributed by atoms with E-state index < -0.39 is 5.97 Å². The molecular formula is C19H21N5O4. The number of nitrogens with one attached hydrogen (secondary N) is 1. The number of esters is 1. The van der Waals surface area contributed by atoms with Gasteiger partial charge in [-0.25, -0.2) is 4.79 Å². The van der Waals surface area contributed by atoms with Crippen LogP contribution in [0.15, 0.2) is 36.4 Å². The summed E-state index contributed by atoms with van der Waals surface area (Å²) >= 11 is 0. The molecule has 0 aliphatic rings. The van der Waals surface area contributed by atoms with E-state index in [-0.39, 0.29) is 18.4 Å². The van der Waals surface area contributed by atoms with Crippen molar-refractivity contribution in [3.8, 4) is 5.88 Å². The summed E-state index contributed by atoms with van der Waals surface area (Å²) in [6.45, 7) is 3.58. The van der Waals surface area contributed by atoms with Gasteiger partial charge in [-0.05, 0) is 44.2 Å². The van der Waals surface area contributed by atoms with E-state index in [1.165, 1.54) is 7.11 Å². The first-order valence-electron chi connectivity index (χ1n) is 8.82. The summed E-state index contributed by atoms with van der Waals surface area (Å²) in [7, 11) is 1.53. The molecule has 3 rings (SSSR count). The fourth-order valence-electron chi connectivity index (χ4n) is 2.50. The molecule has 0 unspecified atom stereocenters. The van der Waals surface area contributed by atoms with Gasteiger partial charge in [-0.15, -0.1) is 15.3 Å². The lowest BCUT2D eigenvalue weighted by Crippen LogP contribution is -2.14. The summed E-state index contributed by atoms with van der Waals surface area (Å²) in [5, 5.41) is 15.1. The molecule has 1 aromatic carbocycles. The molecule has 2 heterocycles. The van der Waals surface area contributed by atoms with Crippen LogP contribution in [0, 0.1) is 0 Å². The standard InChI is InChI=1S/C19H21N5O4/c1-12(2)28-19(26)13-4-6-14(7-5-13)20-17(25)10-8-15-21-22-16-9-11-18(27-3)23-24(15)16/h4-7,9,11-12H,8,10H2,1-3H3,(H,20,25). The van der Waals surface area contributed by atoms with E-state index in [0.717, 1.165) is 0 Å². The second kappa shape index (κ2) is 8.47. The van der Waals surface area contributed by atoms with Crippen molar-refractivity contribution in [3.63, 3.8) is 0 Å². The first-order chi connectivity index (χ1) is 13.5. The van der Waals surface area contributed by atoms with Crippen LogP contribution < -0.4 is 10.1 Å². The van der Waals surface area contributed by atoms with Gasteiger partial charge in [0.25, 0.3) is 0 Å². The molecule has 0 aliphatic heterocycles. The summed E-state index contributed by atoms with van der Waals surface area (Å²) in [6.07, 6.45) is 0.387. The number of hydrogen-bond acceptors (Lipinski definition) is 7. The molecule has 0 bridgehead atoms. The van der Waals surface area contributed by atoms with Crippen LogP contribution >= 0.6 is 0 Å². The van der Waals surface area contributed by atoms with Gasteiger partial charge in [0.05, 0.1) is 18.8 Å². The number of fused-ring (bicyclic) bond motifs is 1. The molecule has 0 radical (unpaired) electrons. The third-order valence-electron chi connectivity index (χ3n) is 3.83. The van der Waals surface area contributed by atoms with Crippen LogP contribution in [0.5, 0.6) is 5.88 Å². The van der Waals surface area contributed by atoms with E-state index in [2.05, 4.69) is 20.6 Å². The summed E-state index contributed by atoms with van der Waals surface area (Å²) in [4.78, 5) is 24.1. The molecule has 1 amide bonds. The Morgan fingerprint density at radius 1 is 1.11 bits per heavy atom. The Morgan fingerprint density at radius 2 is 1.86 bits per heavy atom. The molecule has 0 aliphatic carbocycles. The molecule has 0 atom stereocenters. The monoisotopic (exact) mass is 383 g/mol. The van der Waals surface area contributed by atoms with E-state index in [9.17, 15) is 9.59 Å². The number of ether oxygens (including phenoxy) is 2. The molecule has 0 spiro atoms. The van der Waals surface area contributed by atoms with Gasteiger partial charge in [0.2, 0.25) is 11.8 Å². The normalized spacial score (nSPS) is 10.9. The van der Waals surface area contributed by atoms with Crippen molar-refractivity contribution >= 4 is 23.2 Å². The topological polar surface area (TPSA) is 108 Å². The van der Waals surface area contributed by atoms with E-state index in [0.29, 0.717) is 35.0 Å². The van der Waals surface area contributed by atoms with Crippen LogP contribution in [0.1, 0.15) is 36.5 Å². The maximum Gasteiger partial charge on any atom is 0.338 e. The number of rotatable bonds is 7. The third kappa shape index (κ3) is 4.61. The van der Waals surface area contributed by atoms with Gasteiger partial charge in [-0.1, -0.05) is 0 Å². The highest BCUT2D eigenvalue weighted by Gasteiger charge is 2.12. The first-order valence-corrected chi connectivity index (χ1v) is 8.82. The van der Waals surface area contributed by atoms with Gasteiger partial charge in [0, 0.05) is 24.6 Å². The summed E-state index contributed by atoms with van der Waals surface area (Å²) in [5.41, 5.74) is 1.61. The average molecular weight is 383 g/mol. The zero-order valence-electron chi connectivity index (χ0n) is 15.9. The number of anilines is 1. The van der Waals surface area contributed by atoms with Crippen LogP contribution in [-0.2, 0) is 16.0 Å². The molecule has 0 saturated heterocycles. The van der Waals surface area contributed by atoms with Gasteiger partial charge in [0.15, 0.2) is 11.5 Å². The second-order valence-corrected chi connectivity index (χ2v) is 6.34. The summed E-state index contributed by atoms with van der Waals surface area (Å²) in [5.74, 6) is 0.427. The SMILES string of the molecule is COc1ccc2nnc(CCC(=O)Nc3ccc(C(=O)OC(C)C)cc3)n2n1. The number of aryl methyl sites for hydroxylation is 1. The maximum absolute atomic E-state index is 12.2. The van der Waals surface area contributed by atoms with Crippen molar-refractivity contribution in [2.45, 2.75) is 32.8 Å². The number of hydrogen-bond donors (Lipinski definition) is 1. The molecule has 28 heavy (non-hydrogen) atoms. The Kier molecular flexibility index (Phi) is 5.83. The largest absolute Gasteiger partial charge is 0.480 e.